The molecule has 0 amide bonds. The molecule has 0 saturated carbocycles. The number of carboxylic acid groups (broad SMARTS) is 1. The first-order chi connectivity index (χ1) is 9.47. The van der Waals surface area contributed by atoms with Crippen LogP contribution in [0.2, 0.25) is 15.1 Å². The summed E-state index contributed by atoms with van der Waals surface area (Å²) in [5, 5.41) is 9.97. The van der Waals surface area contributed by atoms with Crippen LogP contribution in [0.4, 0.5) is 0 Å². The van der Waals surface area contributed by atoms with E-state index in [4.69, 9.17) is 34.8 Å². The second-order valence-electron chi connectivity index (χ2n) is 3.96. The van der Waals surface area contributed by atoms with Crippen molar-refractivity contribution >= 4 is 52.5 Å². The van der Waals surface area contributed by atoms with Crippen LogP contribution in [0, 0.1) is 0 Å². The molecule has 0 aliphatic rings. The lowest BCUT2D eigenvalue weighted by Crippen LogP contribution is -2.07. The van der Waals surface area contributed by atoms with Gasteiger partial charge in [-0.15, -0.1) is 11.8 Å². The predicted molar refractivity (Wildman–Crippen MR) is 84.1 cm³/mol. The van der Waals surface area contributed by atoms with Crippen LogP contribution in [0.15, 0.2) is 47.4 Å². The van der Waals surface area contributed by atoms with Gasteiger partial charge in [-0.05, 0) is 42.0 Å². The standard InChI is InChI=1S/C14H9Cl3O2S/c15-9-2-4-10(5-3-9)20-13(14(18)19)8-1-6-11(16)12(17)7-8/h1-7,13H,(H,18,19)/t13-/m1/s1. The van der Waals surface area contributed by atoms with Crippen LogP contribution in [-0.4, -0.2) is 11.1 Å². The Morgan fingerprint density at radius 1 is 1.00 bits per heavy atom. The molecule has 20 heavy (non-hydrogen) atoms. The fourth-order valence-corrected chi connectivity index (χ4v) is 2.97. The first-order valence-corrected chi connectivity index (χ1v) is 7.58. The summed E-state index contributed by atoms with van der Waals surface area (Å²) in [6, 6.07) is 11.8. The van der Waals surface area contributed by atoms with E-state index in [1.54, 1.807) is 42.5 Å². The number of thioether (sulfide) groups is 1. The number of halogens is 3. The Hall–Kier alpha value is -0.870. The van der Waals surface area contributed by atoms with Gasteiger partial charge in [0, 0.05) is 9.92 Å². The average molecular weight is 348 g/mol. The molecule has 2 aromatic carbocycles. The van der Waals surface area contributed by atoms with Crippen LogP contribution >= 0.6 is 46.6 Å². The summed E-state index contributed by atoms with van der Waals surface area (Å²) >= 11 is 18.8. The van der Waals surface area contributed by atoms with Gasteiger partial charge in [0.2, 0.25) is 0 Å². The highest BCUT2D eigenvalue weighted by Gasteiger charge is 2.22. The molecule has 0 saturated heterocycles. The number of hydrogen-bond acceptors (Lipinski definition) is 2. The van der Waals surface area contributed by atoms with E-state index in [0.717, 1.165) is 4.90 Å². The van der Waals surface area contributed by atoms with Gasteiger partial charge in [-0.3, -0.25) is 4.79 Å². The van der Waals surface area contributed by atoms with Crippen LogP contribution in [0.25, 0.3) is 0 Å². The Bertz CT molecular complexity index is 629. The van der Waals surface area contributed by atoms with Gasteiger partial charge in [0.05, 0.1) is 10.0 Å². The first-order valence-electron chi connectivity index (χ1n) is 5.57. The van der Waals surface area contributed by atoms with Crippen LogP contribution in [0.5, 0.6) is 0 Å². The van der Waals surface area contributed by atoms with Crippen molar-refractivity contribution in [2.45, 2.75) is 10.1 Å². The minimum atomic E-state index is -0.941. The van der Waals surface area contributed by atoms with E-state index in [1.807, 2.05) is 0 Å². The molecule has 2 aromatic rings. The summed E-state index contributed by atoms with van der Waals surface area (Å²) in [6.45, 7) is 0. The highest BCUT2D eigenvalue weighted by atomic mass is 35.5. The number of carbonyl (C=O) groups is 1. The van der Waals surface area contributed by atoms with E-state index >= 15 is 0 Å². The molecule has 0 spiro atoms. The van der Waals surface area contributed by atoms with E-state index in [1.165, 1.54) is 11.8 Å². The van der Waals surface area contributed by atoms with Gasteiger partial charge in [0.15, 0.2) is 0 Å². The van der Waals surface area contributed by atoms with Gasteiger partial charge >= 0.3 is 5.97 Å². The second kappa shape index (κ2) is 6.72. The van der Waals surface area contributed by atoms with Gasteiger partial charge in [-0.25, -0.2) is 0 Å². The molecule has 0 aliphatic carbocycles. The Labute approximate surface area is 135 Å². The number of carboxylic acids is 1. The summed E-state index contributed by atoms with van der Waals surface area (Å²) in [6.07, 6.45) is 0. The van der Waals surface area contributed by atoms with Gasteiger partial charge in [-0.2, -0.15) is 0 Å². The molecule has 0 aliphatic heterocycles. The Balaban J connectivity index is 2.29. The molecular weight excluding hydrogens is 339 g/mol. The molecule has 0 bridgehead atoms. The fourth-order valence-electron chi connectivity index (χ4n) is 1.59. The van der Waals surface area contributed by atoms with Crippen LogP contribution in [0.3, 0.4) is 0 Å². The maximum Gasteiger partial charge on any atom is 0.321 e. The number of aliphatic carboxylic acids is 1. The van der Waals surface area contributed by atoms with E-state index in [-0.39, 0.29) is 0 Å². The molecule has 2 nitrogen and oxygen atoms in total. The fraction of sp³-hybridized carbons (Fsp3) is 0.0714. The minimum absolute atomic E-state index is 0.340. The number of rotatable bonds is 4. The monoisotopic (exact) mass is 346 g/mol. The zero-order chi connectivity index (χ0) is 14.7. The largest absolute Gasteiger partial charge is 0.480 e. The zero-order valence-electron chi connectivity index (χ0n) is 10.0. The molecule has 0 radical (unpaired) electrons. The summed E-state index contributed by atoms with van der Waals surface area (Å²) in [5.74, 6) is -0.941. The number of benzene rings is 2. The Kier molecular flexibility index (Phi) is 5.22. The SMILES string of the molecule is O=C(O)[C@H](Sc1ccc(Cl)cc1)c1ccc(Cl)c(Cl)c1. The highest BCUT2D eigenvalue weighted by Crippen LogP contribution is 2.37. The summed E-state index contributed by atoms with van der Waals surface area (Å²) in [4.78, 5) is 12.3. The summed E-state index contributed by atoms with van der Waals surface area (Å²) < 4.78 is 0. The van der Waals surface area contributed by atoms with Gasteiger partial charge in [0.25, 0.3) is 0 Å². The van der Waals surface area contributed by atoms with Gasteiger partial charge < -0.3 is 5.11 Å². The molecule has 0 aromatic heterocycles. The van der Waals surface area contributed by atoms with Crippen molar-refractivity contribution in [2.24, 2.45) is 0 Å². The molecule has 6 heteroatoms. The first kappa shape index (κ1) is 15.5. The molecule has 104 valence electrons. The second-order valence-corrected chi connectivity index (χ2v) is 6.39. The maximum absolute atomic E-state index is 11.4. The highest BCUT2D eigenvalue weighted by molar-refractivity contribution is 8.00. The Morgan fingerprint density at radius 3 is 2.20 bits per heavy atom. The lowest BCUT2D eigenvalue weighted by atomic mass is 10.1. The zero-order valence-corrected chi connectivity index (χ0v) is 13.1. The van der Waals surface area contributed by atoms with Crippen molar-refractivity contribution in [2.75, 3.05) is 0 Å². The molecule has 1 atom stereocenters. The minimum Gasteiger partial charge on any atom is -0.480 e. The normalized spacial score (nSPS) is 12.2. The lowest BCUT2D eigenvalue weighted by molar-refractivity contribution is -0.136. The van der Waals surface area contributed by atoms with Crippen molar-refractivity contribution in [1.82, 2.24) is 0 Å². The molecule has 0 fully saturated rings. The third-order valence-corrected chi connectivity index (χ3v) is 4.78. The summed E-state index contributed by atoms with van der Waals surface area (Å²) in [7, 11) is 0. The maximum atomic E-state index is 11.4. The van der Waals surface area contributed by atoms with Crippen LogP contribution in [-0.2, 0) is 4.79 Å². The third kappa shape index (κ3) is 3.83. The van der Waals surface area contributed by atoms with E-state index < -0.39 is 11.2 Å². The van der Waals surface area contributed by atoms with E-state index in [0.29, 0.717) is 20.6 Å². The molecule has 0 heterocycles. The molecule has 0 unspecified atom stereocenters. The molecular formula is C14H9Cl3O2S. The predicted octanol–water partition coefficient (Wildman–Crippen LogP) is 5.56. The Morgan fingerprint density at radius 2 is 1.65 bits per heavy atom. The quantitative estimate of drug-likeness (QED) is 0.735. The van der Waals surface area contributed by atoms with Crippen molar-refractivity contribution in [3.8, 4) is 0 Å². The van der Waals surface area contributed by atoms with Gasteiger partial charge in [-0.1, -0.05) is 40.9 Å². The van der Waals surface area contributed by atoms with Crippen molar-refractivity contribution in [3.05, 3.63) is 63.1 Å². The lowest BCUT2D eigenvalue weighted by Gasteiger charge is -2.13. The van der Waals surface area contributed by atoms with Crippen molar-refractivity contribution in [3.63, 3.8) is 0 Å². The summed E-state index contributed by atoms with van der Waals surface area (Å²) in [5.41, 5.74) is 0.590. The van der Waals surface area contributed by atoms with E-state index in [2.05, 4.69) is 0 Å². The molecule has 1 N–H and O–H groups in total. The smallest absolute Gasteiger partial charge is 0.321 e. The van der Waals surface area contributed by atoms with Crippen LogP contribution in [0.1, 0.15) is 10.8 Å². The van der Waals surface area contributed by atoms with Crippen molar-refractivity contribution in [1.29, 1.82) is 0 Å². The molecule has 2 rings (SSSR count). The third-order valence-electron chi connectivity index (χ3n) is 2.54. The van der Waals surface area contributed by atoms with Crippen LogP contribution < -0.4 is 0 Å². The van der Waals surface area contributed by atoms with Gasteiger partial charge in [0.1, 0.15) is 5.25 Å². The number of hydrogen-bond donors (Lipinski definition) is 1. The average Bonchev–Trinajstić information content (AvgIpc) is 2.41. The van der Waals surface area contributed by atoms with E-state index in [9.17, 15) is 9.90 Å². The topological polar surface area (TPSA) is 37.3 Å². The van der Waals surface area contributed by atoms with Crippen molar-refractivity contribution < 1.29 is 9.90 Å².